The minimum atomic E-state index is -0.467. The van der Waals surface area contributed by atoms with Crippen LogP contribution in [0.15, 0.2) is 54.7 Å². The summed E-state index contributed by atoms with van der Waals surface area (Å²) in [6.45, 7) is 1.60. The van der Waals surface area contributed by atoms with Crippen LogP contribution in [0.3, 0.4) is 0 Å². The summed E-state index contributed by atoms with van der Waals surface area (Å²) in [6.07, 6.45) is 1.65. The molecule has 7 heteroatoms. The molecule has 7 nitrogen and oxygen atoms in total. The molecule has 0 saturated carbocycles. The number of rotatable bonds is 4. The van der Waals surface area contributed by atoms with E-state index in [-0.39, 0.29) is 11.6 Å². The fourth-order valence-electron chi connectivity index (χ4n) is 2.39. The maximum Gasteiger partial charge on any atom is 0.272 e. The number of anilines is 1. The van der Waals surface area contributed by atoms with Crippen LogP contribution in [0.4, 0.5) is 11.4 Å². The second-order valence-corrected chi connectivity index (χ2v) is 5.26. The molecule has 0 aliphatic heterocycles. The number of aromatic amines is 1. The van der Waals surface area contributed by atoms with Crippen LogP contribution in [0.25, 0.3) is 11.3 Å². The Morgan fingerprint density at radius 3 is 2.71 bits per heavy atom. The lowest BCUT2D eigenvalue weighted by atomic mass is 10.1. The first-order valence-electron chi connectivity index (χ1n) is 7.21. The van der Waals surface area contributed by atoms with Crippen molar-refractivity contribution < 1.29 is 9.72 Å². The van der Waals surface area contributed by atoms with Crippen LogP contribution in [0.2, 0.25) is 0 Å². The highest BCUT2D eigenvalue weighted by Gasteiger charge is 2.14. The van der Waals surface area contributed by atoms with Gasteiger partial charge in [-0.25, -0.2) is 0 Å². The molecule has 0 unspecified atom stereocenters. The van der Waals surface area contributed by atoms with E-state index in [9.17, 15) is 14.9 Å². The number of aryl methyl sites for hydroxylation is 1. The van der Waals surface area contributed by atoms with E-state index in [1.807, 2.05) is 24.3 Å². The zero-order valence-corrected chi connectivity index (χ0v) is 12.8. The van der Waals surface area contributed by atoms with Gasteiger partial charge in [-0.2, -0.15) is 5.10 Å². The van der Waals surface area contributed by atoms with Crippen molar-refractivity contribution in [1.82, 2.24) is 10.2 Å². The van der Waals surface area contributed by atoms with Gasteiger partial charge < -0.3 is 5.32 Å². The maximum atomic E-state index is 12.3. The summed E-state index contributed by atoms with van der Waals surface area (Å²) in [7, 11) is 0. The van der Waals surface area contributed by atoms with Crippen molar-refractivity contribution in [2.75, 3.05) is 5.32 Å². The predicted molar refractivity (Wildman–Crippen MR) is 89.8 cm³/mol. The number of nitro benzene ring substituents is 1. The van der Waals surface area contributed by atoms with Crippen molar-refractivity contribution in [3.8, 4) is 11.3 Å². The van der Waals surface area contributed by atoms with Gasteiger partial charge in [0.2, 0.25) is 0 Å². The van der Waals surface area contributed by atoms with Crippen molar-refractivity contribution in [2.45, 2.75) is 6.92 Å². The van der Waals surface area contributed by atoms with Gasteiger partial charge in [0.15, 0.2) is 0 Å². The van der Waals surface area contributed by atoms with Crippen molar-refractivity contribution in [3.63, 3.8) is 0 Å². The number of H-pyrrole nitrogens is 1. The number of aromatic nitrogens is 2. The molecule has 1 aromatic heterocycles. The van der Waals surface area contributed by atoms with E-state index >= 15 is 0 Å². The van der Waals surface area contributed by atoms with E-state index in [0.29, 0.717) is 16.8 Å². The Bertz CT molecular complexity index is 904. The highest BCUT2D eigenvalue weighted by atomic mass is 16.6. The molecule has 3 aromatic rings. The molecule has 0 saturated heterocycles. The van der Waals surface area contributed by atoms with Crippen LogP contribution in [0, 0.1) is 17.0 Å². The second kappa shape index (κ2) is 6.33. The Kier molecular flexibility index (Phi) is 4.07. The van der Waals surface area contributed by atoms with Crippen LogP contribution in [-0.4, -0.2) is 21.0 Å². The number of nitrogens with zero attached hydrogens (tertiary/aromatic N) is 2. The number of carbonyl (C=O) groups excluding carboxylic acids is 1. The SMILES string of the molecule is Cc1cc(C(=O)Nc2cccc(-c3ccn[nH]3)c2)ccc1[N+](=O)[O-]. The minimum Gasteiger partial charge on any atom is -0.322 e. The highest BCUT2D eigenvalue weighted by molar-refractivity contribution is 6.04. The molecule has 0 spiro atoms. The lowest BCUT2D eigenvalue weighted by Crippen LogP contribution is -2.12. The fraction of sp³-hybridized carbons (Fsp3) is 0.0588. The monoisotopic (exact) mass is 322 g/mol. The molecule has 3 rings (SSSR count). The number of hydrogen-bond donors (Lipinski definition) is 2. The largest absolute Gasteiger partial charge is 0.322 e. The summed E-state index contributed by atoms with van der Waals surface area (Å²) in [5.74, 6) is -0.324. The number of carbonyl (C=O) groups is 1. The van der Waals surface area contributed by atoms with Crippen LogP contribution < -0.4 is 5.32 Å². The maximum absolute atomic E-state index is 12.3. The van der Waals surface area contributed by atoms with Gasteiger partial charge in [-0.3, -0.25) is 20.0 Å². The molecule has 0 aliphatic rings. The average molecular weight is 322 g/mol. The third-order valence-electron chi connectivity index (χ3n) is 3.59. The number of benzene rings is 2. The first-order valence-corrected chi connectivity index (χ1v) is 7.21. The Balaban J connectivity index is 1.81. The molecule has 120 valence electrons. The van der Waals surface area contributed by atoms with E-state index in [1.165, 1.54) is 18.2 Å². The molecule has 1 heterocycles. The number of amides is 1. The number of nitro groups is 1. The second-order valence-electron chi connectivity index (χ2n) is 5.26. The molecule has 0 aliphatic carbocycles. The van der Waals surface area contributed by atoms with Gasteiger partial charge in [0.25, 0.3) is 11.6 Å². The van der Waals surface area contributed by atoms with Gasteiger partial charge in [0, 0.05) is 34.6 Å². The zero-order valence-electron chi connectivity index (χ0n) is 12.8. The summed E-state index contributed by atoms with van der Waals surface area (Å²) >= 11 is 0. The van der Waals surface area contributed by atoms with Crippen LogP contribution in [0.1, 0.15) is 15.9 Å². The minimum absolute atomic E-state index is 0.00667. The third kappa shape index (κ3) is 3.14. The summed E-state index contributed by atoms with van der Waals surface area (Å²) in [5, 5.41) is 20.4. The Labute approximate surface area is 137 Å². The Morgan fingerprint density at radius 2 is 2.04 bits per heavy atom. The molecule has 1 amide bonds. The lowest BCUT2D eigenvalue weighted by molar-refractivity contribution is -0.385. The molecular weight excluding hydrogens is 308 g/mol. The van der Waals surface area contributed by atoms with E-state index in [4.69, 9.17) is 0 Å². The van der Waals surface area contributed by atoms with Crippen molar-refractivity contribution in [2.24, 2.45) is 0 Å². The topological polar surface area (TPSA) is 101 Å². The van der Waals surface area contributed by atoms with Gasteiger partial charge in [-0.05, 0) is 37.3 Å². The molecule has 0 radical (unpaired) electrons. The fourth-order valence-corrected chi connectivity index (χ4v) is 2.39. The van der Waals surface area contributed by atoms with E-state index in [0.717, 1.165) is 11.3 Å². The van der Waals surface area contributed by atoms with Gasteiger partial charge in [-0.1, -0.05) is 12.1 Å². The first kappa shape index (κ1) is 15.4. The molecule has 2 aromatic carbocycles. The standard InChI is InChI=1S/C17H14N4O3/c1-11-9-13(5-6-16(11)21(23)24)17(22)19-14-4-2-3-12(10-14)15-7-8-18-20-15/h2-10H,1H3,(H,18,20)(H,19,22). The zero-order chi connectivity index (χ0) is 17.1. The quantitative estimate of drug-likeness (QED) is 0.566. The summed E-state index contributed by atoms with van der Waals surface area (Å²) < 4.78 is 0. The van der Waals surface area contributed by atoms with Gasteiger partial charge in [-0.15, -0.1) is 0 Å². The van der Waals surface area contributed by atoms with Gasteiger partial charge in [0.1, 0.15) is 0 Å². The molecule has 0 bridgehead atoms. The normalized spacial score (nSPS) is 10.4. The van der Waals surface area contributed by atoms with Crippen molar-refractivity contribution in [1.29, 1.82) is 0 Å². The molecular formula is C17H14N4O3. The van der Waals surface area contributed by atoms with Crippen molar-refractivity contribution in [3.05, 3.63) is 76.0 Å². The Hall–Kier alpha value is -3.48. The molecule has 2 N–H and O–H groups in total. The first-order chi connectivity index (χ1) is 11.5. The van der Waals surface area contributed by atoms with Crippen LogP contribution in [0.5, 0.6) is 0 Å². The number of nitrogens with one attached hydrogen (secondary N) is 2. The predicted octanol–water partition coefficient (Wildman–Crippen LogP) is 3.55. The van der Waals surface area contributed by atoms with Crippen LogP contribution >= 0.6 is 0 Å². The summed E-state index contributed by atoms with van der Waals surface area (Å²) in [5.41, 5.74) is 3.17. The number of hydrogen-bond acceptors (Lipinski definition) is 4. The van der Waals surface area contributed by atoms with E-state index in [2.05, 4.69) is 15.5 Å². The molecule has 0 atom stereocenters. The van der Waals surface area contributed by atoms with Gasteiger partial charge in [0.05, 0.1) is 10.6 Å². The van der Waals surface area contributed by atoms with Gasteiger partial charge >= 0.3 is 0 Å². The molecule has 24 heavy (non-hydrogen) atoms. The van der Waals surface area contributed by atoms with E-state index in [1.54, 1.807) is 19.2 Å². The van der Waals surface area contributed by atoms with E-state index < -0.39 is 4.92 Å². The Morgan fingerprint density at radius 1 is 1.21 bits per heavy atom. The summed E-state index contributed by atoms with van der Waals surface area (Å²) in [4.78, 5) is 22.7. The molecule has 0 fully saturated rings. The summed E-state index contributed by atoms with van der Waals surface area (Å²) in [6, 6.07) is 13.4. The van der Waals surface area contributed by atoms with Crippen LogP contribution in [-0.2, 0) is 0 Å². The van der Waals surface area contributed by atoms with Crippen molar-refractivity contribution >= 4 is 17.3 Å². The lowest BCUT2D eigenvalue weighted by Gasteiger charge is -2.07. The smallest absolute Gasteiger partial charge is 0.272 e. The average Bonchev–Trinajstić information content (AvgIpc) is 3.09. The third-order valence-corrected chi connectivity index (χ3v) is 3.59. The highest BCUT2D eigenvalue weighted by Crippen LogP contribution is 2.22.